The molecule has 16 heavy (non-hydrogen) atoms. The Hall–Kier alpha value is -1.54. The smallest absolute Gasteiger partial charge is 0.120 e. The van der Waals surface area contributed by atoms with E-state index in [0.29, 0.717) is 0 Å². The fourth-order valence-electron chi connectivity index (χ4n) is 1.72. The maximum Gasteiger partial charge on any atom is 0.120 e. The van der Waals surface area contributed by atoms with Gasteiger partial charge in [0.1, 0.15) is 5.76 Å². The zero-order valence-electron chi connectivity index (χ0n) is 9.52. The van der Waals surface area contributed by atoms with Gasteiger partial charge in [-0.3, -0.25) is 0 Å². The van der Waals surface area contributed by atoms with Gasteiger partial charge in [-0.1, -0.05) is 30.3 Å². The molecular weight excluding hydrogens is 198 g/mol. The van der Waals surface area contributed by atoms with Crippen LogP contribution in [-0.4, -0.2) is 6.54 Å². The highest BCUT2D eigenvalue weighted by Crippen LogP contribution is 2.11. The minimum Gasteiger partial charge on any atom is -0.468 e. The molecule has 0 radical (unpaired) electrons. The van der Waals surface area contributed by atoms with Crippen LogP contribution in [0, 0.1) is 0 Å². The number of furan rings is 1. The lowest BCUT2D eigenvalue weighted by Crippen LogP contribution is -2.20. The quantitative estimate of drug-likeness (QED) is 0.828. The van der Waals surface area contributed by atoms with E-state index in [0.717, 1.165) is 18.7 Å². The van der Waals surface area contributed by atoms with E-state index in [1.807, 2.05) is 18.2 Å². The van der Waals surface area contributed by atoms with Gasteiger partial charge in [0, 0.05) is 0 Å². The van der Waals surface area contributed by atoms with Gasteiger partial charge in [-0.2, -0.15) is 0 Å². The molecule has 0 bridgehead atoms. The number of benzene rings is 1. The minimum atomic E-state index is 0.277. The van der Waals surface area contributed by atoms with Gasteiger partial charge in [0.05, 0.1) is 12.3 Å². The van der Waals surface area contributed by atoms with Gasteiger partial charge in [-0.05, 0) is 37.6 Å². The van der Waals surface area contributed by atoms with Crippen molar-refractivity contribution in [3.63, 3.8) is 0 Å². The van der Waals surface area contributed by atoms with Crippen LogP contribution in [0.4, 0.5) is 0 Å². The lowest BCUT2D eigenvalue weighted by molar-refractivity contribution is 0.432. The molecule has 1 atom stereocenters. The van der Waals surface area contributed by atoms with Crippen LogP contribution in [0.3, 0.4) is 0 Å². The summed E-state index contributed by atoms with van der Waals surface area (Å²) >= 11 is 0. The molecule has 0 saturated carbocycles. The zero-order valence-corrected chi connectivity index (χ0v) is 9.52. The Bertz CT molecular complexity index is 394. The fourth-order valence-corrected chi connectivity index (χ4v) is 1.72. The van der Waals surface area contributed by atoms with Crippen molar-refractivity contribution in [1.29, 1.82) is 0 Å². The highest BCUT2D eigenvalue weighted by atomic mass is 16.3. The molecule has 2 heteroatoms. The Kier molecular flexibility index (Phi) is 3.78. The summed E-state index contributed by atoms with van der Waals surface area (Å²) in [5, 5.41) is 3.44. The van der Waals surface area contributed by atoms with Crippen molar-refractivity contribution < 1.29 is 4.42 Å². The van der Waals surface area contributed by atoms with Crippen LogP contribution in [0.15, 0.2) is 53.1 Å². The van der Waals surface area contributed by atoms with E-state index in [-0.39, 0.29) is 6.04 Å². The molecule has 0 aliphatic rings. The van der Waals surface area contributed by atoms with Crippen molar-refractivity contribution in [3.8, 4) is 0 Å². The molecule has 0 aliphatic heterocycles. The SMILES string of the molecule is CC(NCCc1ccccc1)c1ccco1. The molecule has 1 heterocycles. The van der Waals surface area contributed by atoms with Crippen LogP contribution in [0.25, 0.3) is 0 Å². The second kappa shape index (κ2) is 5.52. The predicted octanol–water partition coefficient (Wildman–Crippen LogP) is 3.17. The molecule has 1 unspecified atom stereocenters. The molecule has 0 spiro atoms. The highest BCUT2D eigenvalue weighted by Gasteiger charge is 2.06. The lowest BCUT2D eigenvalue weighted by Gasteiger charge is -2.10. The van der Waals surface area contributed by atoms with Crippen LogP contribution in [0.5, 0.6) is 0 Å². The third-order valence-corrected chi connectivity index (χ3v) is 2.68. The van der Waals surface area contributed by atoms with Gasteiger partial charge in [-0.15, -0.1) is 0 Å². The molecular formula is C14H17NO. The first-order chi connectivity index (χ1) is 7.86. The first-order valence-electron chi connectivity index (χ1n) is 5.67. The molecule has 1 N–H and O–H groups in total. The van der Waals surface area contributed by atoms with E-state index in [1.54, 1.807) is 6.26 Å². The maximum absolute atomic E-state index is 5.34. The first-order valence-corrected chi connectivity index (χ1v) is 5.67. The summed E-state index contributed by atoms with van der Waals surface area (Å²) in [6.07, 6.45) is 2.76. The van der Waals surface area contributed by atoms with Gasteiger partial charge >= 0.3 is 0 Å². The Labute approximate surface area is 96.3 Å². The van der Waals surface area contributed by atoms with Crippen LogP contribution in [-0.2, 0) is 6.42 Å². The second-order valence-corrected chi connectivity index (χ2v) is 3.93. The van der Waals surface area contributed by atoms with Gasteiger partial charge in [-0.25, -0.2) is 0 Å². The molecule has 0 saturated heterocycles. The third-order valence-electron chi connectivity index (χ3n) is 2.68. The van der Waals surface area contributed by atoms with Crippen molar-refractivity contribution in [1.82, 2.24) is 5.32 Å². The van der Waals surface area contributed by atoms with Crippen LogP contribution in [0.2, 0.25) is 0 Å². The van der Waals surface area contributed by atoms with Gasteiger partial charge in [0.15, 0.2) is 0 Å². The van der Waals surface area contributed by atoms with E-state index in [2.05, 4.69) is 36.5 Å². The van der Waals surface area contributed by atoms with E-state index in [1.165, 1.54) is 5.56 Å². The number of hydrogen-bond donors (Lipinski definition) is 1. The molecule has 2 nitrogen and oxygen atoms in total. The lowest BCUT2D eigenvalue weighted by atomic mass is 10.1. The van der Waals surface area contributed by atoms with E-state index in [4.69, 9.17) is 4.42 Å². The topological polar surface area (TPSA) is 25.2 Å². The predicted molar refractivity (Wildman–Crippen MR) is 65.3 cm³/mol. The molecule has 0 amide bonds. The molecule has 0 fully saturated rings. The summed E-state index contributed by atoms with van der Waals surface area (Å²) in [5.41, 5.74) is 1.36. The van der Waals surface area contributed by atoms with E-state index < -0.39 is 0 Å². The normalized spacial score (nSPS) is 12.6. The van der Waals surface area contributed by atoms with Crippen LogP contribution >= 0.6 is 0 Å². The third kappa shape index (κ3) is 2.97. The molecule has 2 rings (SSSR count). The summed E-state index contributed by atoms with van der Waals surface area (Å²) in [5.74, 6) is 0.994. The molecule has 84 valence electrons. The Balaban J connectivity index is 1.76. The van der Waals surface area contributed by atoms with Crippen molar-refractivity contribution in [2.45, 2.75) is 19.4 Å². The van der Waals surface area contributed by atoms with Crippen LogP contribution in [0.1, 0.15) is 24.3 Å². The van der Waals surface area contributed by atoms with E-state index >= 15 is 0 Å². The van der Waals surface area contributed by atoms with Gasteiger partial charge in [0.2, 0.25) is 0 Å². The number of rotatable bonds is 5. The number of nitrogens with one attached hydrogen (secondary N) is 1. The van der Waals surface area contributed by atoms with Gasteiger partial charge < -0.3 is 9.73 Å². The Morgan fingerprint density at radius 2 is 1.94 bits per heavy atom. The molecule has 1 aromatic carbocycles. The second-order valence-electron chi connectivity index (χ2n) is 3.93. The largest absolute Gasteiger partial charge is 0.468 e. The van der Waals surface area contributed by atoms with Crippen molar-refractivity contribution in [3.05, 3.63) is 60.1 Å². The van der Waals surface area contributed by atoms with Crippen LogP contribution < -0.4 is 5.32 Å². The summed E-state index contributed by atoms with van der Waals surface area (Å²) in [6.45, 7) is 3.08. The monoisotopic (exact) mass is 215 g/mol. The molecule has 2 aromatic rings. The van der Waals surface area contributed by atoms with E-state index in [9.17, 15) is 0 Å². The fraction of sp³-hybridized carbons (Fsp3) is 0.286. The zero-order chi connectivity index (χ0) is 11.2. The van der Waals surface area contributed by atoms with Crippen molar-refractivity contribution in [2.24, 2.45) is 0 Å². The summed E-state index contributed by atoms with van der Waals surface area (Å²) in [6, 6.07) is 14.7. The molecule has 0 aliphatic carbocycles. The number of hydrogen-bond acceptors (Lipinski definition) is 2. The minimum absolute atomic E-state index is 0.277. The first kappa shape index (κ1) is 11.0. The Morgan fingerprint density at radius 1 is 1.12 bits per heavy atom. The van der Waals surface area contributed by atoms with Gasteiger partial charge in [0.25, 0.3) is 0 Å². The molecule has 1 aromatic heterocycles. The van der Waals surface area contributed by atoms with Crippen molar-refractivity contribution in [2.75, 3.05) is 6.54 Å². The summed E-state index contributed by atoms with van der Waals surface area (Å²) in [4.78, 5) is 0. The highest BCUT2D eigenvalue weighted by molar-refractivity contribution is 5.15. The Morgan fingerprint density at radius 3 is 2.62 bits per heavy atom. The average molecular weight is 215 g/mol. The van der Waals surface area contributed by atoms with Crippen molar-refractivity contribution >= 4 is 0 Å². The summed E-state index contributed by atoms with van der Waals surface area (Å²) in [7, 11) is 0. The maximum atomic E-state index is 5.34. The average Bonchev–Trinajstić information content (AvgIpc) is 2.84. The standard InChI is InChI=1S/C14H17NO/c1-12(14-8-5-11-16-14)15-10-9-13-6-3-2-4-7-13/h2-8,11-12,15H,9-10H2,1H3. The summed E-state index contributed by atoms with van der Waals surface area (Å²) < 4.78 is 5.34.